The summed E-state index contributed by atoms with van der Waals surface area (Å²) in [7, 11) is -3.59. The van der Waals surface area contributed by atoms with Gasteiger partial charge in [0.15, 0.2) is 15.7 Å². The Kier molecular flexibility index (Phi) is 7.00. The van der Waals surface area contributed by atoms with Crippen LogP contribution in [0.1, 0.15) is 56.8 Å². The lowest BCUT2D eigenvalue weighted by molar-refractivity contribution is 0.274. The van der Waals surface area contributed by atoms with Crippen LogP contribution in [0.3, 0.4) is 0 Å². The molecule has 0 radical (unpaired) electrons. The van der Waals surface area contributed by atoms with Crippen LogP contribution in [0.4, 0.5) is 10.4 Å². The molecule has 1 saturated heterocycles. The second-order valence-electron chi connectivity index (χ2n) is 8.28. The first-order valence-corrected chi connectivity index (χ1v) is 12.3. The molecule has 0 saturated carbocycles. The predicted molar refractivity (Wildman–Crippen MR) is 112 cm³/mol. The first kappa shape index (κ1) is 22.5. The minimum atomic E-state index is -3.59. The summed E-state index contributed by atoms with van der Waals surface area (Å²) in [5, 5.41) is 4.03. The van der Waals surface area contributed by atoms with Gasteiger partial charge in [0, 0.05) is 30.8 Å². The van der Waals surface area contributed by atoms with E-state index in [1.54, 1.807) is 0 Å². The summed E-state index contributed by atoms with van der Waals surface area (Å²) in [6.07, 6.45) is 4.99. The Hall–Kier alpha value is -2.16. The molecule has 2 aromatic rings. The SMILES string of the molecule is Cc1c(OCCCC2CCN(c3nc(C(C)C)no3)CC2)ccc(S(C)(=O)=O)c1F. The van der Waals surface area contributed by atoms with Crippen molar-refractivity contribution in [3.05, 3.63) is 29.3 Å². The number of benzene rings is 1. The monoisotopic (exact) mass is 439 g/mol. The number of anilines is 1. The van der Waals surface area contributed by atoms with Crippen LogP contribution >= 0.6 is 0 Å². The highest BCUT2D eigenvalue weighted by atomic mass is 32.2. The van der Waals surface area contributed by atoms with Crippen molar-refractivity contribution in [3.63, 3.8) is 0 Å². The number of nitrogens with zero attached hydrogens (tertiary/aromatic N) is 3. The van der Waals surface area contributed by atoms with Gasteiger partial charge in [0.25, 0.3) is 0 Å². The molecule has 3 rings (SSSR count). The van der Waals surface area contributed by atoms with Crippen molar-refractivity contribution in [3.8, 4) is 5.75 Å². The molecule has 0 aliphatic carbocycles. The molecule has 1 aliphatic rings. The minimum Gasteiger partial charge on any atom is -0.493 e. The summed E-state index contributed by atoms with van der Waals surface area (Å²) in [6, 6.07) is 3.41. The van der Waals surface area contributed by atoms with Gasteiger partial charge in [-0.2, -0.15) is 4.98 Å². The standard InChI is InChI=1S/C21H30FN3O4S/c1-14(2)20-23-21(29-24-20)25-11-9-16(10-12-25)6-5-13-28-17-7-8-18(30(4,26)27)19(22)15(17)3/h7-8,14,16H,5-6,9-13H2,1-4H3. The fourth-order valence-corrected chi connectivity index (χ4v) is 4.44. The van der Waals surface area contributed by atoms with E-state index in [1.165, 1.54) is 19.1 Å². The highest BCUT2D eigenvalue weighted by molar-refractivity contribution is 7.90. The van der Waals surface area contributed by atoms with Gasteiger partial charge in [-0.3, -0.25) is 0 Å². The lowest BCUT2D eigenvalue weighted by atomic mass is 9.92. The molecule has 30 heavy (non-hydrogen) atoms. The number of rotatable bonds is 8. The second kappa shape index (κ2) is 9.32. The third kappa shape index (κ3) is 5.30. The number of piperidine rings is 1. The van der Waals surface area contributed by atoms with Gasteiger partial charge < -0.3 is 14.2 Å². The quantitative estimate of drug-likeness (QED) is 0.572. The summed E-state index contributed by atoms with van der Waals surface area (Å²) in [5.41, 5.74) is 0.228. The Morgan fingerprint density at radius 2 is 2.00 bits per heavy atom. The van der Waals surface area contributed by atoms with E-state index >= 15 is 0 Å². The van der Waals surface area contributed by atoms with E-state index in [-0.39, 0.29) is 16.4 Å². The van der Waals surface area contributed by atoms with Gasteiger partial charge in [-0.1, -0.05) is 19.0 Å². The molecule has 0 bridgehead atoms. The van der Waals surface area contributed by atoms with Gasteiger partial charge in [0.1, 0.15) is 16.5 Å². The molecule has 1 aromatic heterocycles. The first-order valence-electron chi connectivity index (χ1n) is 10.4. The lowest BCUT2D eigenvalue weighted by Gasteiger charge is -2.30. The normalized spacial score (nSPS) is 15.7. The number of hydrogen-bond acceptors (Lipinski definition) is 7. The van der Waals surface area contributed by atoms with E-state index in [2.05, 4.69) is 15.0 Å². The fourth-order valence-electron chi connectivity index (χ4n) is 3.64. The van der Waals surface area contributed by atoms with Crippen molar-refractivity contribution in [1.82, 2.24) is 10.1 Å². The Morgan fingerprint density at radius 1 is 1.30 bits per heavy atom. The van der Waals surface area contributed by atoms with Crippen LogP contribution < -0.4 is 9.64 Å². The molecule has 1 aliphatic heterocycles. The number of aromatic nitrogens is 2. The third-order valence-electron chi connectivity index (χ3n) is 5.55. The van der Waals surface area contributed by atoms with Crippen molar-refractivity contribution >= 4 is 15.9 Å². The number of hydrogen-bond donors (Lipinski definition) is 0. The van der Waals surface area contributed by atoms with Crippen molar-refractivity contribution < 1.29 is 22.1 Å². The molecule has 1 aromatic carbocycles. The number of ether oxygens (including phenoxy) is 1. The largest absolute Gasteiger partial charge is 0.493 e. The minimum absolute atomic E-state index is 0.228. The molecular weight excluding hydrogens is 409 g/mol. The highest BCUT2D eigenvalue weighted by Gasteiger charge is 2.23. The molecule has 0 amide bonds. The smallest absolute Gasteiger partial charge is 0.324 e. The van der Waals surface area contributed by atoms with Crippen LogP contribution in [0.15, 0.2) is 21.6 Å². The molecule has 0 spiro atoms. The zero-order valence-electron chi connectivity index (χ0n) is 18.0. The summed E-state index contributed by atoms with van der Waals surface area (Å²) in [5.74, 6) is 1.25. The number of halogens is 1. The van der Waals surface area contributed by atoms with Crippen LogP contribution in [-0.2, 0) is 9.84 Å². The molecule has 1 fully saturated rings. The Morgan fingerprint density at radius 3 is 2.60 bits per heavy atom. The molecule has 2 heterocycles. The van der Waals surface area contributed by atoms with E-state index in [4.69, 9.17) is 9.26 Å². The number of sulfone groups is 1. The van der Waals surface area contributed by atoms with Gasteiger partial charge in [-0.25, -0.2) is 12.8 Å². The molecule has 9 heteroatoms. The summed E-state index contributed by atoms with van der Waals surface area (Å²) >= 11 is 0. The molecular formula is C21H30FN3O4S. The maximum absolute atomic E-state index is 14.3. The fraction of sp³-hybridized carbons (Fsp3) is 0.619. The van der Waals surface area contributed by atoms with Crippen LogP contribution in [0.25, 0.3) is 0 Å². The molecule has 0 atom stereocenters. The highest BCUT2D eigenvalue weighted by Crippen LogP contribution is 2.28. The Bertz CT molecular complexity index is 967. The maximum Gasteiger partial charge on any atom is 0.324 e. The Balaban J connectivity index is 1.43. The average molecular weight is 440 g/mol. The van der Waals surface area contributed by atoms with Gasteiger partial charge >= 0.3 is 6.01 Å². The van der Waals surface area contributed by atoms with Crippen LogP contribution in [-0.4, -0.2) is 44.5 Å². The molecule has 7 nitrogen and oxygen atoms in total. The van der Waals surface area contributed by atoms with Crippen molar-refractivity contribution in [2.45, 2.75) is 57.3 Å². The second-order valence-corrected chi connectivity index (χ2v) is 10.3. The van der Waals surface area contributed by atoms with E-state index in [0.29, 0.717) is 24.3 Å². The van der Waals surface area contributed by atoms with Gasteiger partial charge in [-0.05, 0) is 50.7 Å². The van der Waals surface area contributed by atoms with Gasteiger partial charge in [-0.15, -0.1) is 0 Å². The zero-order chi connectivity index (χ0) is 21.9. The zero-order valence-corrected chi connectivity index (χ0v) is 18.8. The molecule has 0 N–H and O–H groups in total. The van der Waals surface area contributed by atoms with Gasteiger partial charge in [0.2, 0.25) is 0 Å². The lowest BCUT2D eigenvalue weighted by Crippen LogP contribution is -2.34. The van der Waals surface area contributed by atoms with E-state index in [1.807, 2.05) is 13.8 Å². The molecule has 166 valence electrons. The van der Waals surface area contributed by atoms with Crippen LogP contribution in [0.2, 0.25) is 0 Å². The topological polar surface area (TPSA) is 85.5 Å². The van der Waals surface area contributed by atoms with E-state index in [9.17, 15) is 12.8 Å². The van der Waals surface area contributed by atoms with Crippen molar-refractivity contribution in [1.29, 1.82) is 0 Å². The van der Waals surface area contributed by atoms with Crippen LogP contribution in [0, 0.1) is 18.7 Å². The maximum atomic E-state index is 14.3. The molecule has 0 unspecified atom stereocenters. The predicted octanol–water partition coefficient (Wildman–Crippen LogP) is 4.12. The van der Waals surface area contributed by atoms with Gasteiger partial charge in [0.05, 0.1) is 6.61 Å². The average Bonchev–Trinajstić information content (AvgIpc) is 3.18. The summed E-state index contributed by atoms with van der Waals surface area (Å²) < 4.78 is 48.6. The first-order chi connectivity index (χ1) is 14.2. The Labute approximate surface area is 177 Å². The van der Waals surface area contributed by atoms with E-state index < -0.39 is 15.7 Å². The third-order valence-corrected chi connectivity index (χ3v) is 6.66. The van der Waals surface area contributed by atoms with Crippen molar-refractivity contribution in [2.75, 3.05) is 30.9 Å². The van der Waals surface area contributed by atoms with Crippen molar-refractivity contribution in [2.24, 2.45) is 5.92 Å². The summed E-state index contributed by atoms with van der Waals surface area (Å²) in [4.78, 5) is 6.31. The van der Waals surface area contributed by atoms with E-state index in [0.717, 1.165) is 50.9 Å². The van der Waals surface area contributed by atoms with Crippen LogP contribution in [0.5, 0.6) is 5.75 Å². The summed E-state index contributed by atoms with van der Waals surface area (Å²) in [6.45, 7) is 7.88.